The maximum absolute atomic E-state index is 11.0. The van der Waals surface area contributed by atoms with Crippen LogP contribution in [0.1, 0.15) is 20.7 Å². The lowest BCUT2D eigenvalue weighted by atomic mass is 10.1. The van der Waals surface area contributed by atoms with Crippen LogP contribution in [0, 0.1) is 0 Å². The van der Waals surface area contributed by atoms with E-state index in [4.69, 9.17) is 27.5 Å². The third-order valence-electron chi connectivity index (χ3n) is 1.89. The molecule has 0 aliphatic heterocycles. The molecule has 1 aromatic rings. The first-order valence-electron chi connectivity index (χ1n) is 4.46. The minimum Gasteiger partial charge on any atom is -0.478 e. The fourth-order valence-corrected chi connectivity index (χ4v) is 1.28. The molecule has 0 amide bonds. The predicted octanol–water partition coefficient (Wildman–Crippen LogP) is 1.31. The van der Waals surface area contributed by atoms with Gasteiger partial charge in [0.15, 0.2) is 0 Å². The first-order valence-corrected chi connectivity index (χ1v) is 4.99. The van der Waals surface area contributed by atoms with Crippen LogP contribution in [0.4, 0.5) is 5.69 Å². The van der Waals surface area contributed by atoms with E-state index < -0.39 is 17.5 Å². The number of nitrogens with two attached hydrogens (primary N) is 1. The number of aromatic carboxylic acids is 2. The molecular formula is C10H9ClN2O4. The fourth-order valence-electron chi connectivity index (χ4n) is 1.22. The maximum atomic E-state index is 11.0. The lowest BCUT2D eigenvalue weighted by Gasteiger charge is -2.05. The quantitative estimate of drug-likeness (QED) is 0.427. The Labute approximate surface area is 101 Å². The standard InChI is InChI=1S/C10H9ClN2O4/c11-4-7(12)13-6-3-1-2-5(9(14)15)8(6)10(16)17/h1-3H,4H2,(H2,12,13)(H,14,15)(H,16,17). The van der Waals surface area contributed by atoms with Gasteiger partial charge in [0.05, 0.1) is 22.7 Å². The molecule has 1 rings (SSSR count). The summed E-state index contributed by atoms with van der Waals surface area (Å²) in [5.41, 5.74) is 4.59. The molecule has 0 spiro atoms. The van der Waals surface area contributed by atoms with Crippen molar-refractivity contribution in [2.75, 3.05) is 5.88 Å². The van der Waals surface area contributed by atoms with Crippen molar-refractivity contribution in [2.45, 2.75) is 0 Å². The monoisotopic (exact) mass is 256 g/mol. The lowest BCUT2D eigenvalue weighted by molar-refractivity contribution is 0.0652. The van der Waals surface area contributed by atoms with Gasteiger partial charge in [-0.3, -0.25) is 0 Å². The SMILES string of the molecule is NC(CCl)=Nc1cccc(C(=O)O)c1C(=O)O. The second-order valence-electron chi connectivity index (χ2n) is 3.05. The van der Waals surface area contributed by atoms with Gasteiger partial charge in [0.25, 0.3) is 0 Å². The third-order valence-corrected chi connectivity index (χ3v) is 2.16. The van der Waals surface area contributed by atoms with Gasteiger partial charge in [0.1, 0.15) is 5.84 Å². The summed E-state index contributed by atoms with van der Waals surface area (Å²) in [6, 6.07) is 3.92. The summed E-state index contributed by atoms with van der Waals surface area (Å²) in [6.07, 6.45) is 0. The van der Waals surface area contributed by atoms with Crippen LogP contribution < -0.4 is 5.73 Å². The van der Waals surface area contributed by atoms with Crippen molar-refractivity contribution >= 4 is 35.1 Å². The molecule has 0 aliphatic carbocycles. The Hall–Kier alpha value is -2.08. The average Bonchev–Trinajstić information content (AvgIpc) is 2.28. The van der Waals surface area contributed by atoms with E-state index in [1.54, 1.807) is 0 Å². The molecule has 0 heterocycles. The number of carboxylic acid groups (broad SMARTS) is 2. The molecule has 17 heavy (non-hydrogen) atoms. The van der Waals surface area contributed by atoms with Crippen LogP contribution in [0.3, 0.4) is 0 Å². The zero-order valence-electron chi connectivity index (χ0n) is 8.55. The van der Waals surface area contributed by atoms with E-state index in [2.05, 4.69) is 4.99 Å². The highest BCUT2D eigenvalue weighted by Gasteiger charge is 2.19. The zero-order chi connectivity index (χ0) is 13.0. The van der Waals surface area contributed by atoms with Crippen LogP contribution in [0.2, 0.25) is 0 Å². The number of carbonyl (C=O) groups is 2. The molecule has 4 N–H and O–H groups in total. The summed E-state index contributed by atoms with van der Waals surface area (Å²) in [5.74, 6) is -2.79. The van der Waals surface area contributed by atoms with E-state index in [-0.39, 0.29) is 23.0 Å². The molecule has 0 aliphatic rings. The molecule has 6 nitrogen and oxygen atoms in total. The van der Waals surface area contributed by atoms with Crippen LogP contribution in [-0.4, -0.2) is 33.9 Å². The third kappa shape index (κ3) is 2.94. The number of benzene rings is 1. The van der Waals surface area contributed by atoms with Crippen molar-refractivity contribution in [1.29, 1.82) is 0 Å². The summed E-state index contributed by atoms with van der Waals surface area (Å²) in [7, 11) is 0. The fraction of sp³-hybridized carbons (Fsp3) is 0.100. The van der Waals surface area contributed by atoms with E-state index in [9.17, 15) is 9.59 Å². The number of nitrogens with zero attached hydrogens (tertiary/aromatic N) is 1. The minimum absolute atomic E-state index is 0.0108. The van der Waals surface area contributed by atoms with Crippen molar-refractivity contribution in [3.05, 3.63) is 29.3 Å². The largest absolute Gasteiger partial charge is 0.478 e. The Morgan fingerprint density at radius 3 is 2.41 bits per heavy atom. The van der Waals surface area contributed by atoms with E-state index in [1.807, 2.05) is 0 Å². The van der Waals surface area contributed by atoms with Crippen LogP contribution in [-0.2, 0) is 0 Å². The number of hydrogen-bond acceptors (Lipinski definition) is 3. The molecule has 0 atom stereocenters. The first kappa shape index (κ1) is 13.0. The van der Waals surface area contributed by atoms with Gasteiger partial charge >= 0.3 is 11.9 Å². The van der Waals surface area contributed by atoms with Gasteiger partial charge in [-0.1, -0.05) is 6.07 Å². The van der Waals surface area contributed by atoms with E-state index >= 15 is 0 Å². The first-order chi connectivity index (χ1) is 7.97. The maximum Gasteiger partial charge on any atom is 0.338 e. The second-order valence-corrected chi connectivity index (χ2v) is 3.31. The summed E-state index contributed by atoms with van der Waals surface area (Å²) in [5, 5.41) is 17.8. The number of amidine groups is 1. The van der Waals surface area contributed by atoms with Gasteiger partial charge in [0.2, 0.25) is 0 Å². The molecule has 0 aromatic heterocycles. The number of aliphatic imine (C=N–C) groups is 1. The summed E-state index contributed by atoms with van der Waals surface area (Å²) >= 11 is 5.42. The molecule has 1 aromatic carbocycles. The Balaban J connectivity index is 3.46. The highest BCUT2D eigenvalue weighted by Crippen LogP contribution is 2.23. The van der Waals surface area contributed by atoms with Crippen molar-refractivity contribution in [3.63, 3.8) is 0 Å². The topological polar surface area (TPSA) is 113 Å². The Kier molecular flexibility index (Phi) is 4.06. The van der Waals surface area contributed by atoms with Crippen LogP contribution in [0.15, 0.2) is 23.2 Å². The Bertz CT molecular complexity index is 499. The van der Waals surface area contributed by atoms with Crippen molar-refractivity contribution < 1.29 is 19.8 Å². The number of hydrogen-bond donors (Lipinski definition) is 3. The highest BCUT2D eigenvalue weighted by molar-refractivity contribution is 6.28. The molecule has 0 saturated heterocycles. The van der Waals surface area contributed by atoms with Crippen LogP contribution in [0.25, 0.3) is 0 Å². The molecule has 90 valence electrons. The van der Waals surface area contributed by atoms with Gasteiger partial charge < -0.3 is 15.9 Å². The van der Waals surface area contributed by atoms with Gasteiger partial charge in [-0.25, -0.2) is 14.6 Å². The smallest absolute Gasteiger partial charge is 0.338 e. The zero-order valence-corrected chi connectivity index (χ0v) is 9.31. The van der Waals surface area contributed by atoms with Crippen molar-refractivity contribution in [2.24, 2.45) is 10.7 Å². The lowest BCUT2D eigenvalue weighted by Crippen LogP contribution is -2.14. The van der Waals surface area contributed by atoms with Crippen LogP contribution >= 0.6 is 11.6 Å². The number of alkyl halides is 1. The molecular weight excluding hydrogens is 248 g/mol. The number of halogens is 1. The van der Waals surface area contributed by atoms with Gasteiger partial charge in [-0.2, -0.15) is 0 Å². The molecule has 7 heteroatoms. The average molecular weight is 257 g/mol. The van der Waals surface area contributed by atoms with Crippen molar-refractivity contribution in [1.82, 2.24) is 0 Å². The van der Waals surface area contributed by atoms with Gasteiger partial charge in [0, 0.05) is 0 Å². The van der Waals surface area contributed by atoms with Gasteiger partial charge in [-0.05, 0) is 12.1 Å². The molecule has 0 radical (unpaired) electrons. The van der Waals surface area contributed by atoms with E-state index in [0.29, 0.717) is 0 Å². The normalized spacial score (nSPS) is 11.2. The number of rotatable bonds is 4. The highest BCUT2D eigenvalue weighted by atomic mass is 35.5. The summed E-state index contributed by atoms with van der Waals surface area (Å²) < 4.78 is 0. The summed E-state index contributed by atoms with van der Waals surface area (Å²) in [4.78, 5) is 25.6. The molecule has 0 fully saturated rings. The summed E-state index contributed by atoms with van der Waals surface area (Å²) in [6.45, 7) is 0. The molecule has 0 unspecified atom stereocenters. The Morgan fingerprint density at radius 1 is 1.29 bits per heavy atom. The molecule has 0 saturated carbocycles. The Morgan fingerprint density at radius 2 is 1.94 bits per heavy atom. The second kappa shape index (κ2) is 5.31. The number of carboxylic acids is 2. The van der Waals surface area contributed by atoms with E-state index in [0.717, 1.165) is 0 Å². The van der Waals surface area contributed by atoms with Crippen LogP contribution in [0.5, 0.6) is 0 Å². The van der Waals surface area contributed by atoms with Gasteiger partial charge in [-0.15, -0.1) is 11.6 Å². The predicted molar refractivity (Wildman–Crippen MR) is 62.4 cm³/mol. The van der Waals surface area contributed by atoms with E-state index in [1.165, 1.54) is 18.2 Å². The molecule has 0 bridgehead atoms. The minimum atomic E-state index is -1.39. The van der Waals surface area contributed by atoms with Crippen molar-refractivity contribution in [3.8, 4) is 0 Å².